The van der Waals surface area contributed by atoms with Gasteiger partial charge >= 0.3 is 5.97 Å². The first-order valence-electron chi connectivity index (χ1n) is 8.67. The summed E-state index contributed by atoms with van der Waals surface area (Å²) in [4.78, 5) is 44.9. The summed E-state index contributed by atoms with van der Waals surface area (Å²) in [5.74, 6) is 1.84. The fourth-order valence-electron chi connectivity index (χ4n) is 2.81. The van der Waals surface area contributed by atoms with E-state index in [1.165, 1.54) is 24.3 Å². The summed E-state index contributed by atoms with van der Waals surface area (Å²) in [5.41, 5.74) is -0.963. The van der Waals surface area contributed by atoms with Gasteiger partial charge in [-0.05, 0) is 30.3 Å². The molecule has 1 atom stereocenters. The average molecular weight is 517 g/mol. The number of aromatic amines is 1. The van der Waals surface area contributed by atoms with Crippen LogP contribution in [-0.4, -0.2) is 34.7 Å². The molecule has 4 N–H and O–H groups in total. The SMILES string of the molecule is COC(=O)C(/C(=N\N)C(=O)Nc1cc(Cl)c(Cl)cc1Cl)c1nc2ccc(Cl)cc2[nH]c1=O. The van der Waals surface area contributed by atoms with Gasteiger partial charge in [0.15, 0.2) is 5.92 Å². The van der Waals surface area contributed by atoms with Crippen LogP contribution in [0.3, 0.4) is 0 Å². The first-order valence-corrected chi connectivity index (χ1v) is 10.2. The van der Waals surface area contributed by atoms with Gasteiger partial charge in [0.25, 0.3) is 11.5 Å². The van der Waals surface area contributed by atoms with Crippen molar-refractivity contribution in [3.05, 3.63) is 66.5 Å². The molecule has 0 aliphatic carbocycles. The molecule has 0 bridgehead atoms. The van der Waals surface area contributed by atoms with Gasteiger partial charge < -0.3 is 20.9 Å². The molecule has 0 saturated heterocycles. The van der Waals surface area contributed by atoms with Crippen LogP contribution in [-0.2, 0) is 14.3 Å². The molecule has 0 aliphatic rings. The molecule has 1 aromatic heterocycles. The quantitative estimate of drug-likeness (QED) is 0.155. The van der Waals surface area contributed by atoms with Gasteiger partial charge in [0.05, 0.1) is 38.9 Å². The normalized spacial score (nSPS) is 12.5. The number of hydrogen-bond donors (Lipinski definition) is 3. The topological polar surface area (TPSA) is 140 Å². The highest BCUT2D eigenvalue weighted by molar-refractivity contribution is 6.49. The van der Waals surface area contributed by atoms with Crippen molar-refractivity contribution in [2.75, 3.05) is 12.4 Å². The first kappa shape index (κ1) is 23.8. The number of hydrazone groups is 1. The molecule has 3 aromatic rings. The zero-order valence-electron chi connectivity index (χ0n) is 16.1. The second-order valence-electron chi connectivity index (χ2n) is 6.28. The van der Waals surface area contributed by atoms with Crippen molar-refractivity contribution in [1.29, 1.82) is 0 Å². The number of carbonyl (C=O) groups is 2. The predicted molar refractivity (Wildman–Crippen MR) is 124 cm³/mol. The summed E-state index contributed by atoms with van der Waals surface area (Å²) >= 11 is 23.9. The summed E-state index contributed by atoms with van der Waals surface area (Å²) < 4.78 is 4.76. The van der Waals surface area contributed by atoms with E-state index in [2.05, 4.69) is 20.4 Å². The van der Waals surface area contributed by atoms with Crippen LogP contribution in [0.4, 0.5) is 5.69 Å². The van der Waals surface area contributed by atoms with Gasteiger partial charge in [-0.25, -0.2) is 4.98 Å². The second kappa shape index (κ2) is 9.74. The van der Waals surface area contributed by atoms with Crippen molar-refractivity contribution >= 4 is 80.7 Å². The fourth-order valence-corrected chi connectivity index (χ4v) is 3.57. The highest BCUT2D eigenvalue weighted by Gasteiger charge is 2.36. The van der Waals surface area contributed by atoms with Crippen LogP contribution in [0.25, 0.3) is 11.0 Å². The van der Waals surface area contributed by atoms with E-state index in [1.54, 1.807) is 6.07 Å². The molecule has 0 fully saturated rings. The van der Waals surface area contributed by atoms with Crippen molar-refractivity contribution in [1.82, 2.24) is 9.97 Å². The molecule has 9 nitrogen and oxygen atoms in total. The molecule has 1 heterocycles. The van der Waals surface area contributed by atoms with Crippen LogP contribution in [0.15, 0.2) is 40.2 Å². The van der Waals surface area contributed by atoms with E-state index in [0.29, 0.717) is 16.1 Å². The van der Waals surface area contributed by atoms with E-state index in [0.717, 1.165) is 7.11 Å². The van der Waals surface area contributed by atoms with Crippen LogP contribution >= 0.6 is 46.4 Å². The lowest BCUT2D eigenvalue weighted by Crippen LogP contribution is -2.38. The number of nitrogens with one attached hydrogen (secondary N) is 2. The molecule has 166 valence electrons. The number of aromatic nitrogens is 2. The molecule has 13 heteroatoms. The number of nitrogens with two attached hydrogens (primary N) is 1. The molecular weight excluding hydrogens is 504 g/mol. The molecule has 1 amide bonds. The Labute approximate surface area is 200 Å². The number of rotatable bonds is 5. The number of anilines is 1. The zero-order valence-corrected chi connectivity index (χ0v) is 19.1. The second-order valence-corrected chi connectivity index (χ2v) is 7.94. The summed E-state index contributed by atoms with van der Waals surface area (Å²) in [5, 5.41) is 6.58. The predicted octanol–water partition coefficient (Wildman–Crippen LogP) is 3.75. The van der Waals surface area contributed by atoms with E-state index < -0.39 is 29.1 Å². The van der Waals surface area contributed by atoms with E-state index >= 15 is 0 Å². The van der Waals surface area contributed by atoms with Crippen LogP contribution in [0.5, 0.6) is 0 Å². The van der Waals surface area contributed by atoms with Crippen molar-refractivity contribution in [2.45, 2.75) is 5.92 Å². The van der Waals surface area contributed by atoms with Gasteiger partial charge in [-0.1, -0.05) is 46.4 Å². The number of ether oxygens (including phenoxy) is 1. The lowest BCUT2D eigenvalue weighted by atomic mass is 9.98. The lowest BCUT2D eigenvalue weighted by Gasteiger charge is -2.16. The maximum Gasteiger partial charge on any atom is 0.321 e. The number of amides is 1. The Morgan fingerprint density at radius 1 is 1.12 bits per heavy atom. The van der Waals surface area contributed by atoms with Crippen LogP contribution in [0.2, 0.25) is 20.1 Å². The Morgan fingerprint density at radius 3 is 2.47 bits per heavy atom. The summed E-state index contributed by atoms with van der Waals surface area (Å²) in [6.45, 7) is 0. The molecule has 0 saturated carbocycles. The van der Waals surface area contributed by atoms with Crippen LogP contribution in [0.1, 0.15) is 11.6 Å². The fraction of sp³-hybridized carbons (Fsp3) is 0.105. The van der Waals surface area contributed by atoms with Crippen molar-refractivity contribution < 1.29 is 14.3 Å². The Hall–Kier alpha value is -2.85. The summed E-state index contributed by atoms with van der Waals surface area (Å²) in [7, 11) is 1.08. The van der Waals surface area contributed by atoms with Crippen LogP contribution in [0, 0.1) is 0 Å². The number of nitrogens with zero attached hydrogens (tertiary/aromatic N) is 2. The molecular formula is C19H13Cl4N5O4. The Bertz CT molecular complexity index is 1330. The van der Waals surface area contributed by atoms with Crippen molar-refractivity contribution in [3.63, 3.8) is 0 Å². The number of fused-ring (bicyclic) bond motifs is 1. The number of benzene rings is 2. The van der Waals surface area contributed by atoms with Gasteiger partial charge in [-0.15, -0.1) is 0 Å². The van der Waals surface area contributed by atoms with Crippen molar-refractivity contribution in [2.24, 2.45) is 10.9 Å². The number of methoxy groups -OCH3 is 1. The smallest absolute Gasteiger partial charge is 0.321 e. The molecule has 0 spiro atoms. The lowest BCUT2D eigenvalue weighted by molar-refractivity contribution is -0.141. The number of esters is 1. The monoisotopic (exact) mass is 515 g/mol. The Morgan fingerprint density at radius 2 is 1.81 bits per heavy atom. The summed E-state index contributed by atoms with van der Waals surface area (Å²) in [6, 6.07) is 7.18. The van der Waals surface area contributed by atoms with Gasteiger partial charge in [0, 0.05) is 5.02 Å². The van der Waals surface area contributed by atoms with E-state index in [1.807, 2.05) is 0 Å². The highest BCUT2D eigenvalue weighted by Crippen LogP contribution is 2.32. The van der Waals surface area contributed by atoms with Gasteiger partial charge in [0.1, 0.15) is 11.4 Å². The van der Waals surface area contributed by atoms with E-state index in [9.17, 15) is 14.4 Å². The molecule has 0 radical (unpaired) electrons. The molecule has 32 heavy (non-hydrogen) atoms. The largest absolute Gasteiger partial charge is 0.468 e. The van der Waals surface area contributed by atoms with Gasteiger partial charge in [0.2, 0.25) is 0 Å². The molecule has 2 aromatic carbocycles. The number of halogens is 4. The Kier molecular flexibility index (Phi) is 7.25. The maximum atomic E-state index is 12.9. The third kappa shape index (κ3) is 4.81. The zero-order chi connectivity index (χ0) is 23.6. The maximum absolute atomic E-state index is 12.9. The minimum Gasteiger partial charge on any atom is -0.468 e. The van der Waals surface area contributed by atoms with Gasteiger partial charge in [-0.2, -0.15) is 5.10 Å². The molecule has 1 unspecified atom stereocenters. The van der Waals surface area contributed by atoms with Crippen molar-refractivity contribution in [3.8, 4) is 0 Å². The Balaban J connectivity index is 2.07. The standard InChI is InChI=1S/C19H13Cl4N5O4/c1-32-19(31)14(15-17(29)27-13-4-7(20)2-3-11(13)25-15)16(28-24)18(30)26-12-6-9(22)8(21)5-10(12)23/h2-6,14H,24H2,1H3,(H,26,30)(H,27,29)/b28-16+. The summed E-state index contributed by atoms with van der Waals surface area (Å²) in [6.07, 6.45) is 0. The highest BCUT2D eigenvalue weighted by atomic mass is 35.5. The number of carbonyl (C=O) groups excluding carboxylic acids is 2. The van der Waals surface area contributed by atoms with Crippen LogP contribution < -0.4 is 16.7 Å². The molecule has 3 rings (SSSR count). The first-order chi connectivity index (χ1) is 15.2. The van der Waals surface area contributed by atoms with Gasteiger partial charge in [-0.3, -0.25) is 14.4 Å². The number of H-pyrrole nitrogens is 1. The van der Waals surface area contributed by atoms with E-state index in [4.69, 9.17) is 57.0 Å². The molecule has 0 aliphatic heterocycles. The third-order valence-electron chi connectivity index (χ3n) is 4.29. The number of hydrogen-bond acceptors (Lipinski definition) is 7. The average Bonchev–Trinajstić information content (AvgIpc) is 2.74. The minimum atomic E-state index is -1.64. The third-order valence-corrected chi connectivity index (χ3v) is 5.56. The minimum absolute atomic E-state index is 0.0669. The van der Waals surface area contributed by atoms with E-state index in [-0.39, 0.29) is 26.4 Å².